The maximum absolute atomic E-state index is 12.3. The summed E-state index contributed by atoms with van der Waals surface area (Å²) in [7, 11) is 0. The van der Waals surface area contributed by atoms with Crippen LogP contribution in [0.5, 0.6) is 0 Å². The fraction of sp³-hybridized carbons (Fsp3) is 0.731. The van der Waals surface area contributed by atoms with Gasteiger partial charge in [0, 0.05) is 27.7 Å². The van der Waals surface area contributed by atoms with Crippen LogP contribution in [0.1, 0.15) is 41.5 Å². The second-order valence-electron chi connectivity index (χ2n) is 10.3. The lowest BCUT2D eigenvalue weighted by molar-refractivity contribution is -0.340. The molecular formula is C26H38N2O14. The number of esters is 3. The van der Waals surface area contributed by atoms with E-state index in [1.54, 1.807) is 13.8 Å². The molecule has 0 aliphatic carbocycles. The molecule has 0 spiro atoms. The first-order valence-corrected chi connectivity index (χ1v) is 13.2. The van der Waals surface area contributed by atoms with Gasteiger partial charge in [-0.1, -0.05) is 6.08 Å². The number of rotatable bonds is 11. The summed E-state index contributed by atoms with van der Waals surface area (Å²) < 4.78 is 52.1. The monoisotopic (exact) mass is 602 g/mol. The predicted octanol–water partition coefficient (Wildman–Crippen LogP) is -1.04. The van der Waals surface area contributed by atoms with Gasteiger partial charge >= 0.3 is 17.9 Å². The lowest BCUT2D eigenvalue weighted by atomic mass is 9.95. The molecule has 0 saturated carbocycles. The Morgan fingerprint density at radius 2 is 1.50 bits per heavy atom. The second-order valence-corrected chi connectivity index (χ2v) is 10.3. The highest BCUT2D eigenvalue weighted by Gasteiger charge is 2.60. The molecule has 3 N–H and O–H groups in total. The van der Waals surface area contributed by atoms with Gasteiger partial charge in [-0.3, -0.25) is 24.0 Å². The number of carbonyl (C=O) groups excluding carboxylic acids is 5. The van der Waals surface area contributed by atoms with E-state index in [1.165, 1.54) is 13.0 Å². The molecule has 16 nitrogen and oxygen atoms in total. The van der Waals surface area contributed by atoms with Crippen LogP contribution in [0.25, 0.3) is 0 Å². The van der Waals surface area contributed by atoms with Crippen molar-refractivity contribution in [2.45, 2.75) is 109 Å². The third kappa shape index (κ3) is 8.23. The van der Waals surface area contributed by atoms with Crippen LogP contribution in [-0.2, 0) is 66.6 Å². The van der Waals surface area contributed by atoms with Gasteiger partial charge in [0.15, 0.2) is 36.7 Å². The van der Waals surface area contributed by atoms with Crippen LogP contribution in [0.3, 0.4) is 0 Å². The van der Waals surface area contributed by atoms with E-state index in [4.69, 9.17) is 48.4 Å². The van der Waals surface area contributed by atoms with Gasteiger partial charge in [0.1, 0.15) is 37.1 Å². The molecule has 236 valence electrons. The molecule has 3 aliphatic heterocycles. The molecule has 0 unspecified atom stereocenters. The lowest BCUT2D eigenvalue weighted by Crippen LogP contribution is -2.69. The molecule has 0 aromatic carbocycles. The molecule has 3 saturated heterocycles. The number of hydrogen-bond acceptors (Lipinski definition) is 14. The summed E-state index contributed by atoms with van der Waals surface area (Å²) in [6.45, 7) is 11.0. The molecule has 0 bridgehead atoms. The number of primary amides is 1. The topological polar surface area (TPSA) is 206 Å². The summed E-state index contributed by atoms with van der Waals surface area (Å²) in [5.74, 6) is -4.78. The second kappa shape index (κ2) is 13.9. The Morgan fingerprint density at radius 1 is 0.881 bits per heavy atom. The van der Waals surface area contributed by atoms with Gasteiger partial charge in [-0.2, -0.15) is 0 Å². The van der Waals surface area contributed by atoms with Crippen molar-refractivity contribution in [3.8, 4) is 0 Å². The number of carbonyl (C=O) groups is 5. The normalized spacial score (nSPS) is 35.3. The van der Waals surface area contributed by atoms with Crippen LogP contribution in [0, 0.1) is 0 Å². The van der Waals surface area contributed by atoms with Gasteiger partial charge in [-0.05, 0) is 13.8 Å². The van der Waals surface area contributed by atoms with Crippen molar-refractivity contribution in [2.24, 2.45) is 5.73 Å². The van der Waals surface area contributed by atoms with E-state index in [0.717, 1.165) is 20.8 Å². The largest absolute Gasteiger partial charge is 0.463 e. The van der Waals surface area contributed by atoms with Gasteiger partial charge in [0.25, 0.3) is 0 Å². The first-order valence-electron chi connectivity index (χ1n) is 13.2. The average Bonchev–Trinajstić information content (AvgIpc) is 3.19. The SMILES string of the molecule is C=CCO[C@H]1O[C@H](C(N)=O)[C@@H]2OC(C)(C)O[C@@H]2[C@H]1O[C@@H]1O[C@H](COC(C)=O)[C@@H](OC(C)=O)[C@H](OC(C)=O)[C@H]1NC(C)=O. The highest BCUT2D eigenvalue weighted by Crippen LogP contribution is 2.40. The summed E-state index contributed by atoms with van der Waals surface area (Å²) >= 11 is 0. The quantitative estimate of drug-likeness (QED) is 0.165. The fourth-order valence-electron chi connectivity index (χ4n) is 4.99. The Bertz CT molecular complexity index is 1050. The zero-order chi connectivity index (χ0) is 31.4. The molecular weight excluding hydrogens is 564 g/mol. The Balaban J connectivity index is 2.05. The molecule has 0 aromatic rings. The number of nitrogens with one attached hydrogen (secondary N) is 1. The number of ether oxygens (including phenoxy) is 9. The predicted molar refractivity (Wildman–Crippen MR) is 137 cm³/mol. The van der Waals surface area contributed by atoms with E-state index < -0.39 is 103 Å². The van der Waals surface area contributed by atoms with Gasteiger partial charge in [0.05, 0.1) is 6.61 Å². The standard InChI is InChI=1S/C26H38N2O14/c1-8-9-34-25-22(20-19(21(39-25)23(27)33)41-26(6,7)42-20)40-24-16(28-11(2)29)18(37-14(5)32)17(36-13(4)31)15(38-24)10-35-12(3)30/h8,15-22,24-25H,1,9-10H2,2-7H3,(H2,27,33)(H,28,29)/t15-,16-,17-,18-,19-,20+,21+,22-,24+,25+/m1/s1. The van der Waals surface area contributed by atoms with Crippen LogP contribution in [0.4, 0.5) is 0 Å². The van der Waals surface area contributed by atoms with Crippen molar-refractivity contribution in [1.82, 2.24) is 5.32 Å². The van der Waals surface area contributed by atoms with E-state index >= 15 is 0 Å². The van der Waals surface area contributed by atoms with Crippen molar-refractivity contribution >= 4 is 29.7 Å². The number of hydrogen-bond donors (Lipinski definition) is 2. The van der Waals surface area contributed by atoms with Gasteiger partial charge in [-0.15, -0.1) is 6.58 Å². The van der Waals surface area contributed by atoms with Crippen LogP contribution in [0.2, 0.25) is 0 Å². The zero-order valence-electron chi connectivity index (χ0n) is 24.3. The van der Waals surface area contributed by atoms with Crippen molar-refractivity contribution in [1.29, 1.82) is 0 Å². The number of fused-ring (bicyclic) bond motifs is 1. The van der Waals surface area contributed by atoms with E-state index in [-0.39, 0.29) is 6.61 Å². The average molecular weight is 603 g/mol. The third-order valence-electron chi connectivity index (χ3n) is 6.36. The van der Waals surface area contributed by atoms with E-state index in [1.807, 2.05) is 0 Å². The molecule has 16 heteroatoms. The van der Waals surface area contributed by atoms with Crippen LogP contribution >= 0.6 is 0 Å². The molecule has 2 amide bonds. The van der Waals surface area contributed by atoms with Crippen LogP contribution in [0.15, 0.2) is 12.7 Å². The van der Waals surface area contributed by atoms with E-state index in [0.29, 0.717) is 0 Å². The summed E-state index contributed by atoms with van der Waals surface area (Å²) in [5, 5.41) is 2.62. The molecule has 10 atom stereocenters. The Morgan fingerprint density at radius 3 is 2.05 bits per heavy atom. The molecule has 0 radical (unpaired) electrons. The minimum Gasteiger partial charge on any atom is -0.463 e. The molecule has 42 heavy (non-hydrogen) atoms. The summed E-state index contributed by atoms with van der Waals surface area (Å²) in [6, 6.07) is -1.27. The van der Waals surface area contributed by atoms with Gasteiger partial charge < -0.3 is 53.7 Å². The smallest absolute Gasteiger partial charge is 0.303 e. The van der Waals surface area contributed by atoms with E-state index in [2.05, 4.69) is 11.9 Å². The molecule has 3 heterocycles. The first kappa shape index (κ1) is 33.4. The highest BCUT2D eigenvalue weighted by molar-refractivity contribution is 5.80. The van der Waals surface area contributed by atoms with Crippen molar-refractivity contribution in [3.63, 3.8) is 0 Å². The molecule has 3 rings (SSSR count). The highest BCUT2D eigenvalue weighted by atomic mass is 16.8. The number of nitrogens with two attached hydrogens (primary N) is 1. The Hall–Kier alpha value is -3.15. The maximum Gasteiger partial charge on any atom is 0.303 e. The third-order valence-corrected chi connectivity index (χ3v) is 6.36. The summed E-state index contributed by atoms with van der Waals surface area (Å²) in [5.41, 5.74) is 5.59. The van der Waals surface area contributed by atoms with Crippen molar-refractivity contribution in [3.05, 3.63) is 12.7 Å². The number of amides is 2. The first-order chi connectivity index (χ1) is 19.6. The van der Waals surface area contributed by atoms with Crippen LogP contribution in [-0.4, -0.2) is 110 Å². The zero-order valence-corrected chi connectivity index (χ0v) is 24.3. The summed E-state index contributed by atoms with van der Waals surface area (Å²) in [6.07, 6.45) is -9.72. The van der Waals surface area contributed by atoms with Gasteiger partial charge in [-0.25, -0.2) is 0 Å². The van der Waals surface area contributed by atoms with E-state index in [9.17, 15) is 24.0 Å². The Labute approximate surface area is 242 Å². The van der Waals surface area contributed by atoms with Crippen LogP contribution < -0.4 is 11.1 Å². The molecule has 3 fully saturated rings. The molecule has 0 aromatic heterocycles. The molecule has 3 aliphatic rings. The lowest BCUT2D eigenvalue weighted by Gasteiger charge is -2.48. The fourth-order valence-corrected chi connectivity index (χ4v) is 4.99. The Kier molecular flexibility index (Phi) is 11.0. The maximum atomic E-state index is 12.3. The van der Waals surface area contributed by atoms with Gasteiger partial charge in [0.2, 0.25) is 11.8 Å². The summed E-state index contributed by atoms with van der Waals surface area (Å²) in [4.78, 5) is 60.4. The van der Waals surface area contributed by atoms with Crippen molar-refractivity contribution < 1.29 is 66.6 Å². The minimum absolute atomic E-state index is 0.0298. The van der Waals surface area contributed by atoms with Crippen molar-refractivity contribution in [2.75, 3.05) is 13.2 Å². The minimum atomic E-state index is -1.47.